The van der Waals surface area contributed by atoms with Crippen LogP contribution in [0.5, 0.6) is 0 Å². The predicted octanol–water partition coefficient (Wildman–Crippen LogP) is -0.951. The van der Waals surface area contributed by atoms with Crippen LogP contribution in [0.3, 0.4) is 0 Å². The largest absolute Gasteiger partial charge is 0.394 e. The summed E-state index contributed by atoms with van der Waals surface area (Å²) in [6.07, 6.45) is -0.778. The molecule has 0 spiro atoms. The van der Waals surface area contributed by atoms with Gasteiger partial charge in [-0.2, -0.15) is 0 Å². The molecule has 1 aliphatic rings. The molecule has 3 atom stereocenters. The summed E-state index contributed by atoms with van der Waals surface area (Å²) in [5.74, 6) is 0.217. The number of imidazole rings is 1. The molecule has 0 aromatic carbocycles. The van der Waals surface area contributed by atoms with Crippen molar-refractivity contribution < 1.29 is 16.3 Å². The lowest BCUT2D eigenvalue weighted by Crippen LogP contribution is -2.19. The van der Waals surface area contributed by atoms with Crippen molar-refractivity contribution in [2.75, 3.05) is 12.3 Å². The molecule has 96 valence electrons. The SMILES string of the molecule is [2H][C@]1(O)C[C@@H](CO)O[C@H]1n1cnc2c(N)ncnc21. The zero-order valence-corrected chi connectivity index (χ0v) is 9.39. The van der Waals surface area contributed by atoms with Crippen molar-refractivity contribution in [1.29, 1.82) is 0 Å². The normalized spacial score (nSPS) is 32.9. The predicted molar refractivity (Wildman–Crippen MR) is 61.4 cm³/mol. The molecule has 0 amide bonds. The molecule has 0 unspecified atom stereocenters. The van der Waals surface area contributed by atoms with E-state index in [0.29, 0.717) is 11.2 Å². The summed E-state index contributed by atoms with van der Waals surface area (Å²) in [4.78, 5) is 11.9. The van der Waals surface area contributed by atoms with Gasteiger partial charge in [-0.1, -0.05) is 0 Å². The summed E-state index contributed by atoms with van der Waals surface area (Å²) < 4.78 is 14.8. The number of aliphatic hydroxyl groups excluding tert-OH is 1. The minimum atomic E-state index is -1.86. The molecular weight excluding hydrogens is 238 g/mol. The molecule has 2 aromatic heterocycles. The summed E-state index contributed by atoms with van der Waals surface area (Å²) in [5, 5.41) is 19.1. The van der Waals surface area contributed by atoms with Crippen molar-refractivity contribution in [2.24, 2.45) is 0 Å². The maximum absolute atomic E-state index is 10.1. The molecule has 3 heterocycles. The number of rotatable bonds is 2. The average molecular weight is 252 g/mol. The van der Waals surface area contributed by atoms with Crippen LogP contribution in [0.1, 0.15) is 14.0 Å². The lowest BCUT2D eigenvalue weighted by Gasteiger charge is -2.16. The highest BCUT2D eigenvalue weighted by Gasteiger charge is 2.35. The number of hydrogen-bond donors (Lipinski definition) is 3. The van der Waals surface area contributed by atoms with Crippen LogP contribution >= 0.6 is 0 Å². The van der Waals surface area contributed by atoms with Gasteiger partial charge < -0.3 is 20.7 Å². The van der Waals surface area contributed by atoms with Crippen molar-refractivity contribution in [2.45, 2.75) is 24.8 Å². The van der Waals surface area contributed by atoms with Gasteiger partial charge in [-0.15, -0.1) is 0 Å². The van der Waals surface area contributed by atoms with Gasteiger partial charge in [-0.3, -0.25) is 4.57 Å². The molecule has 0 bridgehead atoms. The highest BCUT2D eigenvalue weighted by molar-refractivity contribution is 5.81. The zero-order chi connectivity index (χ0) is 13.6. The number of nitrogens with zero attached hydrogens (tertiary/aromatic N) is 4. The van der Waals surface area contributed by atoms with Gasteiger partial charge in [0, 0.05) is 6.42 Å². The molecule has 0 saturated carbocycles. The number of hydrogen-bond acceptors (Lipinski definition) is 7. The standard InChI is InChI=1S/C10H13N5O3/c11-8-7-9(13-3-12-8)15(4-14-7)10-6(17)1-5(2-16)18-10/h3-6,10,16-17H,1-2H2,(H2,11,12,13)/t5-,6-,10+/m0/s1/i6D. The average Bonchev–Trinajstić information content (AvgIpc) is 2.90. The summed E-state index contributed by atoms with van der Waals surface area (Å²) in [7, 11) is 0. The van der Waals surface area contributed by atoms with Crippen LogP contribution in [-0.4, -0.2) is 48.5 Å². The molecular formula is C10H13N5O3. The summed E-state index contributed by atoms with van der Waals surface area (Å²) >= 11 is 0. The van der Waals surface area contributed by atoms with Crippen LogP contribution in [0.2, 0.25) is 0 Å². The molecule has 2 aromatic rings. The van der Waals surface area contributed by atoms with E-state index in [9.17, 15) is 5.11 Å². The van der Waals surface area contributed by atoms with Gasteiger partial charge >= 0.3 is 0 Å². The second-order valence-corrected chi connectivity index (χ2v) is 4.07. The highest BCUT2D eigenvalue weighted by Crippen LogP contribution is 2.31. The quantitative estimate of drug-likeness (QED) is 0.630. The number of anilines is 1. The molecule has 1 saturated heterocycles. The smallest absolute Gasteiger partial charge is 0.167 e. The number of aromatic nitrogens is 4. The number of fused-ring (bicyclic) bond motifs is 1. The van der Waals surface area contributed by atoms with E-state index in [2.05, 4.69) is 15.0 Å². The Morgan fingerprint density at radius 2 is 2.39 bits per heavy atom. The fourth-order valence-corrected chi connectivity index (χ4v) is 2.02. The first-order valence-corrected chi connectivity index (χ1v) is 5.44. The molecule has 3 rings (SSSR count). The van der Waals surface area contributed by atoms with Crippen molar-refractivity contribution in [3.05, 3.63) is 12.7 Å². The van der Waals surface area contributed by atoms with E-state index >= 15 is 0 Å². The molecule has 8 heteroatoms. The van der Waals surface area contributed by atoms with Crippen LogP contribution < -0.4 is 5.73 Å². The molecule has 4 N–H and O–H groups in total. The monoisotopic (exact) mass is 252 g/mol. The number of nitrogens with two attached hydrogens (primary N) is 1. The first-order chi connectivity index (χ1) is 9.03. The van der Waals surface area contributed by atoms with Crippen molar-refractivity contribution in [3.63, 3.8) is 0 Å². The fraction of sp³-hybridized carbons (Fsp3) is 0.500. The third kappa shape index (κ3) is 1.62. The van der Waals surface area contributed by atoms with E-state index in [1.807, 2.05) is 0 Å². The maximum atomic E-state index is 10.1. The van der Waals surface area contributed by atoms with E-state index in [1.54, 1.807) is 0 Å². The maximum Gasteiger partial charge on any atom is 0.167 e. The second kappa shape index (κ2) is 4.16. The van der Waals surface area contributed by atoms with Crippen LogP contribution in [-0.2, 0) is 4.74 Å². The van der Waals surface area contributed by atoms with E-state index in [0.717, 1.165) is 0 Å². The third-order valence-corrected chi connectivity index (χ3v) is 2.89. The number of ether oxygens (including phenoxy) is 1. The van der Waals surface area contributed by atoms with Gasteiger partial charge in [0.1, 0.15) is 17.9 Å². The van der Waals surface area contributed by atoms with Gasteiger partial charge in [-0.05, 0) is 0 Å². The number of nitrogen functional groups attached to an aromatic ring is 1. The van der Waals surface area contributed by atoms with Gasteiger partial charge in [0.2, 0.25) is 0 Å². The Morgan fingerprint density at radius 3 is 3.11 bits per heavy atom. The Balaban J connectivity index is 2.07. The minimum absolute atomic E-state index is 0.00834. The van der Waals surface area contributed by atoms with E-state index in [4.69, 9.17) is 16.9 Å². The van der Waals surface area contributed by atoms with Gasteiger partial charge in [0.25, 0.3) is 0 Å². The first kappa shape index (κ1) is 10.2. The third-order valence-electron chi connectivity index (χ3n) is 2.89. The van der Waals surface area contributed by atoms with Crippen LogP contribution in [0.25, 0.3) is 11.2 Å². The topological polar surface area (TPSA) is 119 Å². The fourth-order valence-electron chi connectivity index (χ4n) is 2.02. The highest BCUT2D eigenvalue weighted by atomic mass is 16.5. The van der Waals surface area contributed by atoms with E-state index in [-0.39, 0.29) is 18.8 Å². The summed E-state index contributed by atoms with van der Waals surface area (Å²) in [6, 6.07) is 0. The van der Waals surface area contributed by atoms with Crippen LogP contribution in [0.15, 0.2) is 12.7 Å². The number of aliphatic hydroxyl groups is 2. The Bertz CT molecular complexity index is 616. The van der Waals surface area contributed by atoms with E-state index in [1.165, 1.54) is 17.2 Å². The summed E-state index contributed by atoms with van der Waals surface area (Å²) in [6.45, 7) is -0.262. The van der Waals surface area contributed by atoms with E-state index < -0.39 is 18.4 Å². The summed E-state index contributed by atoms with van der Waals surface area (Å²) in [5.41, 5.74) is 6.43. The van der Waals surface area contributed by atoms with Gasteiger partial charge in [0.15, 0.2) is 17.7 Å². The lowest BCUT2D eigenvalue weighted by molar-refractivity contribution is -0.0486. The van der Waals surface area contributed by atoms with Crippen molar-refractivity contribution in [3.8, 4) is 0 Å². The molecule has 1 aliphatic heterocycles. The van der Waals surface area contributed by atoms with Crippen molar-refractivity contribution in [1.82, 2.24) is 19.5 Å². The first-order valence-electron chi connectivity index (χ1n) is 5.94. The molecule has 1 fully saturated rings. The minimum Gasteiger partial charge on any atom is -0.394 e. The van der Waals surface area contributed by atoms with Crippen molar-refractivity contribution >= 4 is 17.0 Å². The van der Waals surface area contributed by atoms with Crippen LogP contribution in [0.4, 0.5) is 5.82 Å². The molecule has 0 radical (unpaired) electrons. The van der Waals surface area contributed by atoms with Crippen LogP contribution in [0, 0.1) is 0 Å². The second-order valence-electron chi connectivity index (χ2n) is 4.07. The molecule has 8 nitrogen and oxygen atoms in total. The molecule has 0 aliphatic carbocycles. The Morgan fingerprint density at radius 1 is 1.56 bits per heavy atom. The van der Waals surface area contributed by atoms with Gasteiger partial charge in [0.05, 0.1) is 20.4 Å². The lowest BCUT2D eigenvalue weighted by atomic mass is 10.2. The molecule has 18 heavy (non-hydrogen) atoms. The Hall–Kier alpha value is -1.77. The van der Waals surface area contributed by atoms with Gasteiger partial charge in [-0.25, -0.2) is 15.0 Å². The Kier molecular flexibility index (Phi) is 2.35. The Labute approximate surface area is 103 Å². The zero-order valence-electron chi connectivity index (χ0n) is 10.4.